The summed E-state index contributed by atoms with van der Waals surface area (Å²) in [7, 11) is 0. The topological polar surface area (TPSA) is 31.4 Å². The zero-order valence-corrected chi connectivity index (χ0v) is 11.6. The van der Waals surface area contributed by atoms with E-state index in [2.05, 4.69) is 17.6 Å². The molecule has 0 radical (unpaired) electrons. The molecule has 0 amide bonds. The molecule has 1 atom stereocenters. The molecule has 0 spiro atoms. The number of hydrogen-bond acceptors (Lipinski definition) is 4. The lowest BCUT2D eigenvalue weighted by molar-refractivity contribution is -0.198. The highest BCUT2D eigenvalue weighted by molar-refractivity contribution is 7.80. The van der Waals surface area contributed by atoms with Crippen molar-refractivity contribution in [2.75, 3.05) is 5.75 Å². The second-order valence-electron chi connectivity index (χ2n) is 4.55. The fraction of sp³-hybridized carbons (Fsp3) is 0.267. The highest BCUT2D eigenvalue weighted by Gasteiger charge is 2.39. The predicted molar refractivity (Wildman–Crippen MR) is 76.4 cm³/mol. The van der Waals surface area contributed by atoms with Gasteiger partial charge in [0.15, 0.2) is 0 Å². The van der Waals surface area contributed by atoms with Gasteiger partial charge in [-0.2, -0.15) is 12.6 Å². The van der Waals surface area contributed by atoms with E-state index < -0.39 is 5.79 Å². The number of nitrogens with zero attached hydrogens (tertiary/aromatic N) is 1. The van der Waals surface area contributed by atoms with Crippen LogP contribution < -0.4 is 4.74 Å². The molecule has 0 bridgehead atoms. The number of pyridine rings is 1. The maximum Gasteiger partial charge on any atom is 0.246 e. The molecular weight excluding hydrogens is 258 g/mol. The van der Waals surface area contributed by atoms with E-state index in [0.29, 0.717) is 12.4 Å². The Morgan fingerprint density at radius 3 is 2.79 bits per heavy atom. The van der Waals surface area contributed by atoms with Crippen molar-refractivity contribution < 1.29 is 9.47 Å². The largest absolute Gasteiger partial charge is 0.455 e. The van der Waals surface area contributed by atoms with Gasteiger partial charge in [-0.05, 0) is 13.0 Å². The summed E-state index contributed by atoms with van der Waals surface area (Å²) < 4.78 is 12.1. The van der Waals surface area contributed by atoms with Crippen LogP contribution in [0.2, 0.25) is 0 Å². The Morgan fingerprint density at radius 2 is 2.05 bits per heavy atom. The molecule has 2 aromatic rings. The summed E-state index contributed by atoms with van der Waals surface area (Å²) in [6, 6.07) is 11.8. The first-order chi connectivity index (χ1) is 9.25. The quantitative estimate of drug-likeness (QED) is 0.853. The Balaban J connectivity index is 2.05. The van der Waals surface area contributed by atoms with Crippen molar-refractivity contribution >= 4 is 12.6 Å². The van der Waals surface area contributed by atoms with E-state index in [4.69, 9.17) is 9.47 Å². The third-order valence-corrected chi connectivity index (χ3v) is 3.73. The summed E-state index contributed by atoms with van der Waals surface area (Å²) in [6.45, 7) is 2.45. The van der Waals surface area contributed by atoms with Gasteiger partial charge in [-0.25, -0.2) is 0 Å². The SMILES string of the molecule is Cc1nccc2c1OC(CS)(c1ccccc1)OC2. The van der Waals surface area contributed by atoms with Crippen molar-refractivity contribution in [1.82, 2.24) is 4.98 Å². The second-order valence-corrected chi connectivity index (χ2v) is 4.87. The van der Waals surface area contributed by atoms with Crippen LogP contribution in [0.4, 0.5) is 0 Å². The van der Waals surface area contributed by atoms with Gasteiger partial charge in [0.1, 0.15) is 5.75 Å². The van der Waals surface area contributed by atoms with Crippen molar-refractivity contribution in [1.29, 1.82) is 0 Å². The molecule has 1 aliphatic rings. The summed E-state index contributed by atoms with van der Waals surface area (Å²) in [5.74, 6) is 0.433. The monoisotopic (exact) mass is 273 g/mol. The number of ether oxygens (including phenoxy) is 2. The van der Waals surface area contributed by atoms with Crippen LogP contribution in [-0.2, 0) is 17.1 Å². The van der Waals surface area contributed by atoms with E-state index in [9.17, 15) is 0 Å². The molecule has 19 heavy (non-hydrogen) atoms. The molecule has 98 valence electrons. The second kappa shape index (κ2) is 4.87. The van der Waals surface area contributed by atoms with Crippen LogP contribution in [0.5, 0.6) is 5.75 Å². The standard InChI is InChI=1S/C15H15NO2S/c1-11-14-12(7-8-16-11)9-17-15(10-19,18-14)13-5-3-2-4-6-13/h2-8,19H,9-10H2,1H3. The number of aryl methyl sites for hydroxylation is 1. The highest BCUT2D eigenvalue weighted by Crippen LogP contribution is 2.39. The van der Waals surface area contributed by atoms with Gasteiger partial charge in [0, 0.05) is 17.3 Å². The third kappa shape index (κ3) is 2.11. The first-order valence-electron chi connectivity index (χ1n) is 6.19. The minimum absolute atomic E-state index is 0.449. The summed E-state index contributed by atoms with van der Waals surface area (Å²) in [5, 5.41) is 0. The summed E-state index contributed by atoms with van der Waals surface area (Å²) in [6.07, 6.45) is 1.77. The van der Waals surface area contributed by atoms with Gasteiger partial charge in [-0.3, -0.25) is 4.98 Å². The lowest BCUT2D eigenvalue weighted by atomic mass is 10.1. The molecular formula is C15H15NO2S. The summed E-state index contributed by atoms with van der Waals surface area (Å²) in [5.41, 5.74) is 2.88. The minimum Gasteiger partial charge on any atom is -0.455 e. The average Bonchev–Trinajstić information content (AvgIpc) is 2.48. The first kappa shape index (κ1) is 12.5. The van der Waals surface area contributed by atoms with Crippen molar-refractivity contribution in [3.63, 3.8) is 0 Å². The molecule has 2 heterocycles. The average molecular weight is 273 g/mol. The fourth-order valence-corrected chi connectivity index (χ4v) is 2.59. The Kier molecular flexibility index (Phi) is 3.21. The van der Waals surface area contributed by atoms with E-state index in [-0.39, 0.29) is 0 Å². The van der Waals surface area contributed by atoms with Gasteiger partial charge in [0.2, 0.25) is 5.79 Å². The number of rotatable bonds is 2. The zero-order valence-electron chi connectivity index (χ0n) is 10.7. The van der Waals surface area contributed by atoms with Gasteiger partial charge >= 0.3 is 0 Å². The number of hydrogen-bond donors (Lipinski definition) is 1. The highest BCUT2D eigenvalue weighted by atomic mass is 32.1. The van der Waals surface area contributed by atoms with E-state index in [1.807, 2.05) is 43.3 Å². The molecule has 1 aromatic heterocycles. The Bertz CT molecular complexity index is 588. The van der Waals surface area contributed by atoms with Crippen molar-refractivity contribution in [3.05, 3.63) is 59.4 Å². The lowest BCUT2D eigenvalue weighted by Crippen LogP contribution is -2.41. The third-order valence-electron chi connectivity index (χ3n) is 3.31. The number of benzene rings is 1. The fourth-order valence-electron chi connectivity index (χ4n) is 2.25. The van der Waals surface area contributed by atoms with Gasteiger partial charge in [0.05, 0.1) is 18.1 Å². The molecule has 0 saturated heterocycles. The number of aromatic nitrogens is 1. The molecule has 3 rings (SSSR count). The molecule has 1 unspecified atom stereocenters. The van der Waals surface area contributed by atoms with Gasteiger partial charge < -0.3 is 9.47 Å². The van der Waals surface area contributed by atoms with E-state index in [1.165, 1.54) is 0 Å². The molecule has 1 aromatic carbocycles. The molecule has 3 nitrogen and oxygen atoms in total. The molecule has 0 saturated carbocycles. The van der Waals surface area contributed by atoms with Crippen LogP contribution >= 0.6 is 12.6 Å². The van der Waals surface area contributed by atoms with Crippen molar-refractivity contribution in [3.8, 4) is 5.75 Å². The minimum atomic E-state index is -0.828. The van der Waals surface area contributed by atoms with Gasteiger partial charge in [-0.15, -0.1) is 0 Å². The molecule has 0 aliphatic carbocycles. The molecule has 1 aliphatic heterocycles. The van der Waals surface area contributed by atoms with Crippen molar-refractivity contribution in [2.45, 2.75) is 19.3 Å². The van der Waals surface area contributed by atoms with Crippen LogP contribution in [0.1, 0.15) is 16.8 Å². The zero-order chi connectivity index (χ0) is 13.3. The van der Waals surface area contributed by atoms with Gasteiger partial charge in [-0.1, -0.05) is 30.3 Å². The number of fused-ring (bicyclic) bond motifs is 1. The van der Waals surface area contributed by atoms with Crippen LogP contribution in [0.25, 0.3) is 0 Å². The van der Waals surface area contributed by atoms with Crippen molar-refractivity contribution in [2.24, 2.45) is 0 Å². The van der Waals surface area contributed by atoms with Crippen LogP contribution in [0, 0.1) is 6.92 Å². The van der Waals surface area contributed by atoms with Gasteiger partial charge in [0.25, 0.3) is 0 Å². The Labute approximate surface area is 118 Å². The number of thiol groups is 1. The maximum atomic E-state index is 6.12. The molecule has 0 fully saturated rings. The van der Waals surface area contributed by atoms with E-state index >= 15 is 0 Å². The van der Waals surface area contributed by atoms with E-state index in [0.717, 1.165) is 22.6 Å². The predicted octanol–water partition coefficient (Wildman–Crippen LogP) is 3.08. The maximum absolute atomic E-state index is 6.12. The van der Waals surface area contributed by atoms with Crippen LogP contribution in [-0.4, -0.2) is 10.7 Å². The smallest absolute Gasteiger partial charge is 0.246 e. The van der Waals surface area contributed by atoms with Crippen LogP contribution in [0.3, 0.4) is 0 Å². The normalized spacial score (nSPS) is 21.6. The lowest BCUT2D eigenvalue weighted by Gasteiger charge is -2.38. The van der Waals surface area contributed by atoms with Crippen LogP contribution in [0.15, 0.2) is 42.6 Å². The first-order valence-corrected chi connectivity index (χ1v) is 6.82. The Hall–Kier alpha value is -1.52. The molecule has 4 heteroatoms. The summed E-state index contributed by atoms with van der Waals surface area (Å²) >= 11 is 4.42. The molecule has 0 N–H and O–H groups in total. The summed E-state index contributed by atoms with van der Waals surface area (Å²) in [4.78, 5) is 4.28. The Morgan fingerprint density at radius 1 is 1.26 bits per heavy atom. The van der Waals surface area contributed by atoms with E-state index in [1.54, 1.807) is 6.20 Å².